The molecule has 0 aromatic rings. The van der Waals surface area contributed by atoms with Crippen molar-refractivity contribution in [3.05, 3.63) is 36.6 Å². The summed E-state index contributed by atoms with van der Waals surface area (Å²) in [7, 11) is 0. The molecule has 0 amide bonds. The third-order valence-electron chi connectivity index (χ3n) is 2.01. The number of fused-ring (bicyclic) bond motifs is 1. The molecule has 0 spiro atoms. The first-order chi connectivity index (χ1) is 4.97. The van der Waals surface area contributed by atoms with Gasteiger partial charge in [-0.25, -0.2) is 0 Å². The summed E-state index contributed by atoms with van der Waals surface area (Å²) in [5.41, 5.74) is 0. The fourth-order valence-electron chi connectivity index (χ4n) is 1.38. The van der Waals surface area contributed by atoms with Crippen molar-refractivity contribution in [2.24, 2.45) is 11.8 Å². The lowest BCUT2D eigenvalue weighted by Crippen LogP contribution is -3.00. The van der Waals surface area contributed by atoms with E-state index in [1.807, 2.05) is 12.3 Å². The van der Waals surface area contributed by atoms with Crippen molar-refractivity contribution >= 4 is 0 Å². The molecule has 2 atom stereocenters. The van der Waals surface area contributed by atoms with Crippen molar-refractivity contribution in [2.75, 3.05) is 6.54 Å². The van der Waals surface area contributed by atoms with Crippen molar-refractivity contribution in [1.29, 1.82) is 0 Å². The minimum atomic E-state index is 0. The lowest BCUT2D eigenvalue weighted by molar-refractivity contribution is -0.00000199. The standard InChI is InChI=1S/C9H10N.HI/c1-2-4-9-7-10-6-5-8(9)3-1;/h2-6,8-10H,7H2;1H/q+1;/p-1. The number of nitrogens with one attached hydrogen (secondary N) is 1. The molecule has 58 valence electrons. The summed E-state index contributed by atoms with van der Waals surface area (Å²) in [5.74, 6) is 1.25. The molecule has 1 heterocycles. The summed E-state index contributed by atoms with van der Waals surface area (Å²) >= 11 is 0. The Morgan fingerprint density at radius 2 is 2.27 bits per heavy atom. The monoisotopic (exact) mass is 259 g/mol. The van der Waals surface area contributed by atoms with E-state index in [2.05, 4.69) is 29.6 Å². The molecule has 0 saturated carbocycles. The Morgan fingerprint density at radius 3 is 3.09 bits per heavy atom. The molecule has 0 bridgehead atoms. The molecule has 11 heavy (non-hydrogen) atoms. The van der Waals surface area contributed by atoms with E-state index in [4.69, 9.17) is 0 Å². The SMILES string of the molecule is [C+]1=CC2C=CNCC2C=C1.[I-]. The summed E-state index contributed by atoms with van der Waals surface area (Å²) in [6, 6.07) is 0. The number of hydrogen-bond acceptors (Lipinski definition) is 1. The molecule has 2 unspecified atom stereocenters. The van der Waals surface area contributed by atoms with E-state index < -0.39 is 0 Å². The Labute approximate surface area is 84.3 Å². The molecule has 2 aliphatic rings. The van der Waals surface area contributed by atoms with E-state index in [0.717, 1.165) is 6.54 Å². The van der Waals surface area contributed by atoms with Crippen LogP contribution in [0.15, 0.2) is 30.5 Å². The number of hydrogen-bond donors (Lipinski definition) is 1. The summed E-state index contributed by atoms with van der Waals surface area (Å²) in [5, 5.41) is 3.20. The molecule has 1 aliphatic carbocycles. The molecule has 1 nitrogen and oxygen atoms in total. The van der Waals surface area contributed by atoms with Crippen molar-refractivity contribution < 1.29 is 24.0 Å². The van der Waals surface area contributed by atoms with Gasteiger partial charge in [-0.15, -0.1) is 0 Å². The Morgan fingerprint density at radius 1 is 1.36 bits per heavy atom. The maximum Gasteiger partial charge on any atom is 0.155 e. The van der Waals surface area contributed by atoms with E-state index >= 15 is 0 Å². The van der Waals surface area contributed by atoms with Crippen molar-refractivity contribution in [2.45, 2.75) is 0 Å². The van der Waals surface area contributed by atoms with Gasteiger partial charge in [0.1, 0.15) is 0 Å². The van der Waals surface area contributed by atoms with Crippen LogP contribution in [0.4, 0.5) is 0 Å². The van der Waals surface area contributed by atoms with Crippen LogP contribution in [-0.2, 0) is 0 Å². The molecular weight excluding hydrogens is 249 g/mol. The number of halogens is 1. The topological polar surface area (TPSA) is 12.0 Å². The lowest BCUT2D eigenvalue weighted by Gasteiger charge is -2.19. The minimum absolute atomic E-state index is 0. The largest absolute Gasteiger partial charge is 1.00 e. The predicted molar refractivity (Wildman–Crippen MR) is 41.1 cm³/mol. The van der Waals surface area contributed by atoms with Gasteiger partial charge < -0.3 is 29.3 Å². The fourth-order valence-corrected chi connectivity index (χ4v) is 1.38. The molecular formula is C9H10IN. The van der Waals surface area contributed by atoms with Gasteiger partial charge in [0.05, 0.1) is 30.1 Å². The second-order valence-corrected chi connectivity index (χ2v) is 2.70. The Bertz CT molecular complexity index is 206. The zero-order valence-corrected chi connectivity index (χ0v) is 8.28. The van der Waals surface area contributed by atoms with Crippen LogP contribution in [0.25, 0.3) is 0 Å². The van der Waals surface area contributed by atoms with Crippen LogP contribution in [0, 0.1) is 17.9 Å². The average molecular weight is 259 g/mol. The van der Waals surface area contributed by atoms with Gasteiger partial charge in [0.15, 0.2) is 6.08 Å². The van der Waals surface area contributed by atoms with Gasteiger partial charge in [-0.05, 0) is 6.20 Å². The average Bonchev–Trinajstić information content (AvgIpc) is 2.05. The Hall–Kier alpha value is -0.340. The minimum Gasteiger partial charge on any atom is -1.00 e. The molecule has 0 fully saturated rings. The van der Waals surface area contributed by atoms with Gasteiger partial charge >= 0.3 is 0 Å². The van der Waals surface area contributed by atoms with E-state index in [1.165, 1.54) is 0 Å². The van der Waals surface area contributed by atoms with Crippen LogP contribution < -0.4 is 29.3 Å². The predicted octanol–water partition coefficient (Wildman–Crippen LogP) is -1.73. The molecule has 1 N–H and O–H groups in total. The van der Waals surface area contributed by atoms with Crippen LogP contribution in [0.3, 0.4) is 0 Å². The second-order valence-electron chi connectivity index (χ2n) is 2.70. The van der Waals surface area contributed by atoms with Gasteiger partial charge in [-0.1, -0.05) is 6.08 Å². The lowest BCUT2D eigenvalue weighted by atomic mass is 9.87. The third kappa shape index (κ3) is 1.82. The van der Waals surface area contributed by atoms with E-state index in [1.54, 1.807) is 0 Å². The van der Waals surface area contributed by atoms with E-state index in [-0.39, 0.29) is 24.0 Å². The van der Waals surface area contributed by atoms with Gasteiger partial charge in [0.2, 0.25) is 0 Å². The molecule has 0 radical (unpaired) electrons. The van der Waals surface area contributed by atoms with E-state index in [9.17, 15) is 0 Å². The molecule has 0 saturated heterocycles. The smallest absolute Gasteiger partial charge is 0.155 e. The number of rotatable bonds is 0. The summed E-state index contributed by atoms with van der Waals surface area (Å²) in [6.45, 7) is 1.07. The molecule has 2 rings (SSSR count). The quantitative estimate of drug-likeness (QED) is 0.402. The normalized spacial score (nSPS) is 31.3. The summed E-state index contributed by atoms with van der Waals surface area (Å²) < 4.78 is 0. The van der Waals surface area contributed by atoms with Crippen LogP contribution in [0.5, 0.6) is 0 Å². The molecule has 0 aromatic heterocycles. The van der Waals surface area contributed by atoms with Gasteiger partial charge in [0.25, 0.3) is 0 Å². The fraction of sp³-hybridized carbons (Fsp3) is 0.333. The van der Waals surface area contributed by atoms with Crippen LogP contribution in [0.2, 0.25) is 0 Å². The molecule has 1 aliphatic heterocycles. The zero-order valence-electron chi connectivity index (χ0n) is 6.13. The van der Waals surface area contributed by atoms with Crippen LogP contribution >= 0.6 is 0 Å². The van der Waals surface area contributed by atoms with E-state index in [0.29, 0.717) is 11.8 Å². The van der Waals surface area contributed by atoms with Gasteiger partial charge in [-0.3, -0.25) is 0 Å². The van der Waals surface area contributed by atoms with Crippen LogP contribution in [-0.4, -0.2) is 6.54 Å². The Balaban J connectivity index is 0.000000605. The first-order valence-corrected chi connectivity index (χ1v) is 3.63. The maximum atomic E-state index is 3.20. The maximum absolute atomic E-state index is 3.20. The highest BCUT2D eigenvalue weighted by Crippen LogP contribution is 2.21. The van der Waals surface area contributed by atoms with Crippen molar-refractivity contribution in [3.63, 3.8) is 0 Å². The summed E-state index contributed by atoms with van der Waals surface area (Å²) in [4.78, 5) is 0. The highest BCUT2D eigenvalue weighted by Gasteiger charge is 2.23. The van der Waals surface area contributed by atoms with Gasteiger partial charge in [0, 0.05) is 6.54 Å². The zero-order chi connectivity index (χ0) is 6.81. The highest BCUT2D eigenvalue weighted by atomic mass is 127. The first-order valence-electron chi connectivity index (χ1n) is 3.63. The van der Waals surface area contributed by atoms with Crippen molar-refractivity contribution in [1.82, 2.24) is 5.32 Å². The summed E-state index contributed by atoms with van der Waals surface area (Å²) in [6.07, 6.45) is 13.6. The molecule has 2 heteroatoms. The third-order valence-corrected chi connectivity index (χ3v) is 2.01. The van der Waals surface area contributed by atoms with Crippen molar-refractivity contribution in [3.8, 4) is 0 Å². The molecule has 0 aromatic carbocycles. The first kappa shape index (κ1) is 8.75. The second kappa shape index (κ2) is 3.88. The van der Waals surface area contributed by atoms with Crippen LogP contribution in [0.1, 0.15) is 0 Å². The highest BCUT2D eigenvalue weighted by molar-refractivity contribution is 5.17. The number of allylic oxidation sites excluding steroid dienone is 4. The van der Waals surface area contributed by atoms with Gasteiger partial charge in [-0.2, -0.15) is 0 Å². The Kier molecular flexibility index (Phi) is 3.09.